The lowest BCUT2D eigenvalue weighted by Gasteiger charge is -2.25. The molecule has 1 aliphatic rings. The summed E-state index contributed by atoms with van der Waals surface area (Å²) >= 11 is 18.5. The van der Waals surface area contributed by atoms with Crippen LogP contribution in [-0.4, -0.2) is 33.8 Å². The van der Waals surface area contributed by atoms with Crippen LogP contribution in [0.1, 0.15) is 22.7 Å². The van der Waals surface area contributed by atoms with Crippen molar-refractivity contribution in [1.29, 1.82) is 0 Å². The molecule has 1 saturated heterocycles. The van der Waals surface area contributed by atoms with Gasteiger partial charge in [0.2, 0.25) is 0 Å². The van der Waals surface area contributed by atoms with E-state index in [1.54, 1.807) is 54.9 Å². The third-order valence-electron chi connectivity index (χ3n) is 5.30. The molecule has 1 N–H and O–H groups in total. The molecule has 0 aliphatic carbocycles. The van der Waals surface area contributed by atoms with Crippen molar-refractivity contribution < 1.29 is 19.4 Å². The Hall–Kier alpha value is -3.06. The number of benzene rings is 2. The van der Waals surface area contributed by atoms with Crippen LogP contribution in [0.3, 0.4) is 0 Å². The van der Waals surface area contributed by atoms with E-state index >= 15 is 0 Å². The Bertz CT molecular complexity index is 1280. The van der Waals surface area contributed by atoms with Crippen LogP contribution in [0.5, 0.6) is 5.75 Å². The molecule has 3 aromatic rings. The molecule has 2 heterocycles. The quantitative estimate of drug-likeness (QED) is 0.276. The smallest absolute Gasteiger partial charge is 0.295 e. The monoisotopic (exact) mass is 502 g/mol. The number of ether oxygens (including phenoxy) is 1. The number of likely N-dealkylation sites (tertiary alicyclic amines) is 1. The molecule has 1 amide bonds. The van der Waals surface area contributed by atoms with Gasteiger partial charge in [-0.1, -0.05) is 46.9 Å². The van der Waals surface area contributed by atoms with Gasteiger partial charge in [-0.05, 0) is 47.5 Å². The van der Waals surface area contributed by atoms with Crippen molar-refractivity contribution in [1.82, 2.24) is 9.88 Å². The van der Waals surface area contributed by atoms with E-state index in [2.05, 4.69) is 4.98 Å². The first-order chi connectivity index (χ1) is 15.8. The van der Waals surface area contributed by atoms with E-state index in [9.17, 15) is 14.7 Å². The van der Waals surface area contributed by atoms with Crippen molar-refractivity contribution in [3.8, 4) is 5.75 Å². The van der Waals surface area contributed by atoms with E-state index in [-0.39, 0.29) is 33.5 Å². The van der Waals surface area contributed by atoms with Crippen molar-refractivity contribution in [2.24, 2.45) is 0 Å². The van der Waals surface area contributed by atoms with Crippen molar-refractivity contribution in [2.45, 2.75) is 12.6 Å². The van der Waals surface area contributed by atoms with Crippen LogP contribution < -0.4 is 4.74 Å². The van der Waals surface area contributed by atoms with Gasteiger partial charge in [0.1, 0.15) is 11.5 Å². The fourth-order valence-electron chi connectivity index (χ4n) is 3.73. The molecule has 1 aromatic heterocycles. The number of Topliss-reactive ketones (excluding diaryl/α,β-unsaturated/α-hetero) is 1. The summed E-state index contributed by atoms with van der Waals surface area (Å²) in [5, 5.41) is 12.0. The molecule has 0 saturated carbocycles. The average Bonchev–Trinajstić information content (AvgIpc) is 3.06. The number of carbonyl (C=O) groups excluding carboxylic acids is 2. The third-order valence-corrected chi connectivity index (χ3v) is 6.33. The molecule has 2 aromatic carbocycles. The first-order valence-electron chi connectivity index (χ1n) is 9.78. The van der Waals surface area contributed by atoms with Crippen molar-refractivity contribution in [2.75, 3.05) is 7.11 Å². The van der Waals surface area contributed by atoms with Gasteiger partial charge in [-0.2, -0.15) is 0 Å². The number of carbonyl (C=O) groups is 2. The summed E-state index contributed by atoms with van der Waals surface area (Å²) in [7, 11) is 1.47. The number of methoxy groups -OCH3 is 1. The molecule has 1 aliphatic heterocycles. The number of pyridine rings is 1. The zero-order valence-corrected chi connectivity index (χ0v) is 19.5. The first-order valence-corrected chi connectivity index (χ1v) is 10.9. The minimum atomic E-state index is -0.902. The highest BCUT2D eigenvalue weighted by Gasteiger charge is 2.46. The van der Waals surface area contributed by atoms with Crippen molar-refractivity contribution in [3.05, 3.63) is 98.3 Å². The van der Waals surface area contributed by atoms with Gasteiger partial charge in [0.15, 0.2) is 0 Å². The summed E-state index contributed by atoms with van der Waals surface area (Å²) in [6.45, 7) is 0.101. The van der Waals surface area contributed by atoms with Crippen molar-refractivity contribution >= 4 is 52.3 Å². The zero-order valence-electron chi connectivity index (χ0n) is 17.3. The second-order valence-corrected chi connectivity index (χ2v) is 8.53. The summed E-state index contributed by atoms with van der Waals surface area (Å²) < 4.78 is 5.15. The highest BCUT2D eigenvalue weighted by atomic mass is 35.5. The molecule has 9 heteroatoms. The Morgan fingerprint density at radius 2 is 1.85 bits per heavy atom. The summed E-state index contributed by atoms with van der Waals surface area (Å²) in [5.41, 5.74) is 1.43. The number of aromatic nitrogens is 1. The lowest BCUT2D eigenvalue weighted by atomic mass is 9.95. The van der Waals surface area contributed by atoms with Crippen LogP contribution in [0.2, 0.25) is 15.1 Å². The molecule has 0 spiro atoms. The van der Waals surface area contributed by atoms with Crippen LogP contribution in [-0.2, 0) is 16.1 Å². The maximum atomic E-state index is 13.1. The van der Waals surface area contributed by atoms with Crippen molar-refractivity contribution in [3.63, 3.8) is 0 Å². The molecule has 33 heavy (non-hydrogen) atoms. The van der Waals surface area contributed by atoms with Gasteiger partial charge >= 0.3 is 0 Å². The summed E-state index contributed by atoms with van der Waals surface area (Å²) in [6.07, 6.45) is 3.22. The number of ketones is 1. The minimum absolute atomic E-state index is 0.0801. The number of aliphatic hydroxyl groups excluding tert-OH is 1. The normalized spacial score (nSPS) is 17.5. The standard InChI is InChI=1S/C24H17Cl3N2O4/c1-33-19-7-5-15(10-18(19)27)22(30)20-21(14-4-6-16(25)17(26)9-14)29(24(32)23(20)31)12-13-3-2-8-28-11-13/h2-11,21,30H,12H2,1H3/b22-20-. The molecule has 1 fully saturated rings. The maximum absolute atomic E-state index is 13.1. The van der Waals surface area contributed by atoms with Crippen LogP contribution in [0.25, 0.3) is 5.76 Å². The molecule has 0 radical (unpaired) electrons. The van der Waals surface area contributed by atoms with Crippen LogP contribution in [0.4, 0.5) is 0 Å². The van der Waals surface area contributed by atoms with Crippen LogP contribution >= 0.6 is 34.8 Å². The Balaban J connectivity index is 1.88. The maximum Gasteiger partial charge on any atom is 0.295 e. The topological polar surface area (TPSA) is 79.7 Å². The number of halogens is 3. The highest BCUT2D eigenvalue weighted by Crippen LogP contribution is 2.42. The predicted molar refractivity (Wildman–Crippen MR) is 127 cm³/mol. The number of amides is 1. The van der Waals surface area contributed by atoms with Gasteiger partial charge in [-0.3, -0.25) is 14.6 Å². The second kappa shape index (κ2) is 9.43. The molecule has 1 atom stereocenters. The number of nitrogens with zero attached hydrogens (tertiary/aromatic N) is 2. The van der Waals surface area contributed by atoms with Crippen LogP contribution in [0.15, 0.2) is 66.5 Å². The predicted octanol–water partition coefficient (Wildman–Crippen LogP) is 5.67. The lowest BCUT2D eigenvalue weighted by Crippen LogP contribution is -2.29. The fourth-order valence-corrected chi connectivity index (χ4v) is 4.29. The molecule has 4 rings (SSSR count). The van der Waals surface area contributed by atoms with E-state index in [0.29, 0.717) is 16.3 Å². The average molecular weight is 504 g/mol. The van der Waals surface area contributed by atoms with Gasteiger partial charge in [0.25, 0.3) is 11.7 Å². The molecular weight excluding hydrogens is 487 g/mol. The van der Waals surface area contributed by atoms with E-state index in [1.807, 2.05) is 0 Å². The van der Waals surface area contributed by atoms with E-state index in [4.69, 9.17) is 39.5 Å². The summed E-state index contributed by atoms with van der Waals surface area (Å²) in [4.78, 5) is 31.6. The fraction of sp³-hybridized carbons (Fsp3) is 0.125. The number of hydrogen-bond acceptors (Lipinski definition) is 5. The van der Waals surface area contributed by atoms with Gasteiger partial charge < -0.3 is 14.7 Å². The number of aliphatic hydroxyl groups is 1. The van der Waals surface area contributed by atoms with E-state index in [1.165, 1.54) is 18.1 Å². The van der Waals surface area contributed by atoms with Gasteiger partial charge in [0, 0.05) is 24.5 Å². The molecular formula is C24H17Cl3N2O4. The van der Waals surface area contributed by atoms with Gasteiger partial charge in [0.05, 0.1) is 33.8 Å². The third kappa shape index (κ3) is 4.42. The largest absolute Gasteiger partial charge is 0.507 e. The molecule has 0 bridgehead atoms. The number of hydrogen-bond donors (Lipinski definition) is 1. The Morgan fingerprint density at radius 1 is 1.06 bits per heavy atom. The number of rotatable bonds is 5. The molecule has 6 nitrogen and oxygen atoms in total. The zero-order chi connectivity index (χ0) is 23.7. The Morgan fingerprint density at radius 3 is 2.48 bits per heavy atom. The minimum Gasteiger partial charge on any atom is -0.507 e. The van der Waals surface area contributed by atoms with Crippen LogP contribution in [0, 0.1) is 0 Å². The Kier molecular flexibility index (Phi) is 6.61. The van der Waals surface area contributed by atoms with Gasteiger partial charge in [-0.25, -0.2) is 0 Å². The van der Waals surface area contributed by atoms with E-state index in [0.717, 1.165) is 5.56 Å². The SMILES string of the molecule is COc1ccc(/C(O)=C2/C(=O)C(=O)N(Cc3cccnc3)C2c2ccc(Cl)c(Cl)c2)cc1Cl. The summed E-state index contributed by atoms with van der Waals surface area (Å²) in [5.74, 6) is -1.52. The second-order valence-electron chi connectivity index (χ2n) is 7.31. The molecule has 168 valence electrons. The highest BCUT2D eigenvalue weighted by molar-refractivity contribution is 6.47. The first kappa shape index (κ1) is 23.1. The van der Waals surface area contributed by atoms with Gasteiger partial charge in [-0.15, -0.1) is 0 Å². The molecule has 1 unspecified atom stereocenters. The Labute approximate surface area is 205 Å². The lowest BCUT2D eigenvalue weighted by molar-refractivity contribution is -0.140. The summed E-state index contributed by atoms with van der Waals surface area (Å²) in [6, 6.07) is 12.0. The van der Waals surface area contributed by atoms with E-state index < -0.39 is 17.7 Å².